The van der Waals surface area contributed by atoms with E-state index in [1.54, 1.807) is 14.0 Å². The number of sulfonamides is 1. The largest absolute Gasteiger partial charge is 0.398 e. The molecule has 20 heavy (non-hydrogen) atoms. The van der Waals surface area contributed by atoms with Crippen LogP contribution in [0, 0.1) is 26.7 Å². The van der Waals surface area contributed by atoms with Crippen molar-refractivity contribution in [1.29, 1.82) is 0 Å². The molecule has 0 aliphatic heterocycles. The summed E-state index contributed by atoms with van der Waals surface area (Å²) in [6.07, 6.45) is 0.952. The van der Waals surface area contributed by atoms with Crippen LogP contribution in [0.4, 0.5) is 5.69 Å². The fourth-order valence-corrected chi connectivity index (χ4v) is 4.07. The molecule has 0 radical (unpaired) electrons. The molecule has 0 heterocycles. The maximum atomic E-state index is 12.8. The lowest BCUT2D eigenvalue weighted by molar-refractivity contribution is 0.393. The van der Waals surface area contributed by atoms with Crippen molar-refractivity contribution in [3.63, 3.8) is 0 Å². The van der Waals surface area contributed by atoms with Gasteiger partial charge in [-0.2, -0.15) is 0 Å². The van der Waals surface area contributed by atoms with Crippen molar-refractivity contribution < 1.29 is 8.42 Å². The number of rotatable bonds is 5. The number of nitrogens with two attached hydrogens (primary N) is 1. The van der Waals surface area contributed by atoms with Gasteiger partial charge < -0.3 is 5.73 Å². The van der Waals surface area contributed by atoms with Gasteiger partial charge in [-0.1, -0.05) is 20.3 Å². The Morgan fingerprint density at radius 1 is 1.25 bits per heavy atom. The topological polar surface area (TPSA) is 63.4 Å². The van der Waals surface area contributed by atoms with Crippen molar-refractivity contribution in [2.45, 2.75) is 45.9 Å². The molecule has 0 fully saturated rings. The van der Waals surface area contributed by atoms with Crippen LogP contribution in [-0.4, -0.2) is 26.3 Å². The Hall–Kier alpha value is -1.07. The SMILES string of the molecule is CCC(C)CN(C)S(=O)(=O)c1c(C)c(C)cc(N)c1C. The van der Waals surface area contributed by atoms with Gasteiger partial charge in [-0.25, -0.2) is 12.7 Å². The zero-order chi connectivity index (χ0) is 15.7. The third kappa shape index (κ3) is 3.15. The number of aryl methyl sites for hydroxylation is 1. The molecule has 0 amide bonds. The van der Waals surface area contributed by atoms with E-state index in [9.17, 15) is 8.42 Å². The molecular weight excluding hydrogens is 272 g/mol. The quantitative estimate of drug-likeness (QED) is 0.850. The van der Waals surface area contributed by atoms with Crippen molar-refractivity contribution >= 4 is 15.7 Å². The molecule has 0 saturated carbocycles. The van der Waals surface area contributed by atoms with Gasteiger partial charge in [-0.3, -0.25) is 0 Å². The van der Waals surface area contributed by atoms with Gasteiger partial charge in [0, 0.05) is 19.3 Å². The average molecular weight is 298 g/mol. The molecule has 1 aromatic carbocycles. The van der Waals surface area contributed by atoms with Gasteiger partial charge >= 0.3 is 0 Å². The third-order valence-corrected chi connectivity index (χ3v) is 6.11. The van der Waals surface area contributed by atoms with E-state index in [2.05, 4.69) is 13.8 Å². The predicted molar refractivity (Wildman–Crippen MR) is 84.3 cm³/mol. The first kappa shape index (κ1) is 17.0. The van der Waals surface area contributed by atoms with Crippen LogP contribution in [0.15, 0.2) is 11.0 Å². The molecule has 1 aromatic rings. The van der Waals surface area contributed by atoms with E-state index in [1.807, 2.05) is 19.9 Å². The number of hydrogen-bond donors (Lipinski definition) is 1. The third-order valence-electron chi connectivity index (χ3n) is 4.01. The minimum Gasteiger partial charge on any atom is -0.398 e. The minimum absolute atomic E-state index is 0.331. The molecule has 5 heteroatoms. The highest BCUT2D eigenvalue weighted by Crippen LogP contribution is 2.30. The second kappa shape index (κ2) is 6.14. The lowest BCUT2D eigenvalue weighted by atomic mass is 10.1. The summed E-state index contributed by atoms with van der Waals surface area (Å²) >= 11 is 0. The Labute approximate surface area is 123 Å². The molecule has 0 spiro atoms. The Balaban J connectivity index is 3.36. The van der Waals surface area contributed by atoms with Gasteiger partial charge in [0.1, 0.15) is 0 Å². The molecule has 0 aromatic heterocycles. The fraction of sp³-hybridized carbons (Fsp3) is 0.600. The van der Waals surface area contributed by atoms with Crippen LogP contribution < -0.4 is 5.73 Å². The number of nitrogens with zero attached hydrogens (tertiary/aromatic N) is 1. The highest BCUT2D eigenvalue weighted by molar-refractivity contribution is 7.89. The zero-order valence-corrected chi connectivity index (χ0v) is 14.1. The molecule has 2 N–H and O–H groups in total. The van der Waals surface area contributed by atoms with Crippen LogP contribution in [-0.2, 0) is 10.0 Å². The van der Waals surface area contributed by atoms with Crippen LogP contribution in [0.25, 0.3) is 0 Å². The second-order valence-corrected chi connectivity index (χ2v) is 7.64. The maximum absolute atomic E-state index is 12.8. The van der Waals surface area contributed by atoms with Crippen LogP contribution >= 0.6 is 0 Å². The van der Waals surface area contributed by atoms with E-state index in [4.69, 9.17) is 5.73 Å². The molecule has 4 nitrogen and oxygen atoms in total. The standard InChI is InChI=1S/C15H26N2O2S/c1-7-10(2)9-17(6)20(18,19)15-12(4)11(3)8-14(16)13(15)5/h8,10H,7,9,16H2,1-6H3. The maximum Gasteiger partial charge on any atom is 0.243 e. The predicted octanol–water partition coefficient (Wildman–Crippen LogP) is 2.86. The molecule has 1 unspecified atom stereocenters. The molecule has 0 aliphatic carbocycles. The Morgan fingerprint density at radius 2 is 1.80 bits per heavy atom. The molecule has 1 rings (SSSR count). The van der Waals surface area contributed by atoms with E-state index in [-0.39, 0.29) is 0 Å². The van der Waals surface area contributed by atoms with Gasteiger partial charge in [0.05, 0.1) is 4.90 Å². The zero-order valence-electron chi connectivity index (χ0n) is 13.3. The van der Waals surface area contributed by atoms with Crippen molar-refractivity contribution in [2.75, 3.05) is 19.3 Å². The van der Waals surface area contributed by atoms with E-state index in [0.29, 0.717) is 28.6 Å². The van der Waals surface area contributed by atoms with Crippen molar-refractivity contribution in [1.82, 2.24) is 4.31 Å². The second-order valence-electron chi connectivity index (χ2n) is 5.66. The normalized spacial score (nSPS) is 13.8. The van der Waals surface area contributed by atoms with E-state index < -0.39 is 10.0 Å². The molecule has 0 saturated heterocycles. The monoisotopic (exact) mass is 298 g/mol. The molecular formula is C15H26N2O2S. The first-order valence-corrected chi connectivity index (χ1v) is 8.39. The van der Waals surface area contributed by atoms with Gasteiger partial charge in [0.15, 0.2) is 0 Å². The van der Waals surface area contributed by atoms with Gasteiger partial charge in [-0.15, -0.1) is 0 Å². The Bertz CT molecular complexity index is 568. The molecule has 0 bridgehead atoms. The summed E-state index contributed by atoms with van der Waals surface area (Å²) < 4.78 is 27.0. The molecule has 1 atom stereocenters. The van der Waals surface area contributed by atoms with Gasteiger partial charge in [0.25, 0.3) is 0 Å². The van der Waals surface area contributed by atoms with Crippen molar-refractivity contribution in [3.8, 4) is 0 Å². The Morgan fingerprint density at radius 3 is 2.30 bits per heavy atom. The lowest BCUT2D eigenvalue weighted by Gasteiger charge is -2.24. The highest BCUT2D eigenvalue weighted by atomic mass is 32.2. The lowest BCUT2D eigenvalue weighted by Crippen LogP contribution is -2.32. The van der Waals surface area contributed by atoms with Crippen molar-refractivity contribution in [2.24, 2.45) is 5.92 Å². The smallest absolute Gasteiger partial charge is 0.243 e. The van der Waals surface area contributed by atoms with Crippen LogP contribution in [0.3, 0.4) is 0 Å². The van der Waals surface area contributed by atoms with E-state index in [1.165, 1.54) is 4.31 Å². The summed E-state index contributed by atoms with van der Waals surface area (Å²) in [7, 11) is -1.86. The van der Waals surface area contributed by atoms with Gasteiger partial charge in [-0.05, 0) is 49.4 Å². The van der Waals surface area contributed by atoms with Gasteiger partial charge in [0.2, 0.25) is 10.0 Å². The summed E-state index contributed by atoms with van der Waals surface area (Å²) in [6, 6.07) is 1.83. The highest BCUT2D eigenvalue weighted by Gasteiger charge is 2.27. The molecule has 114 valence electrons. The first-order chi connectivity index (χ1) is 9.12. The van der Waals surface area contributed by atoms with E-state index in [0.717, 1.165) is 17.5 Å². The number of anilines is 1. The minimum atomic E-state index is -3.50. The Kier molecular flexibility index (Phi) is 5.21. The molecule has 0 aliphatic rings. The number of hydrogen-bond acceptors (Lipinski definition) is 3. The van der Waals surface area contributed by atoms with Crippen LogP contribution in [0.5, 0.6) is 0 Å². The number of benzene rings is 1. The summed E-state index contributed by atoms with van der Waals surface area (Å²) in [4.78, 5) is 0.362. The van der Waals surface area contributed by atoms with E-state index >= 15 is 0 Å². The van der Waals surface area contributed by atoms with Crippen LogP contribution in [0.2, 0.25) is 0 Å². The first-order valence-electron chi connectivity index (χ1n) is 6.95. The fourth-order valence-electron chi connectivity index (χ4n) is 2.25. The van der Waals surface area contributed by atoms with Crippen molar-refractivity contribution in [3.05, 3.63) is 22.8 Å². The summed E-state index contributed by atoms with van der Waals surface area (Å²) in [5, 5.41) is 0. The summed E-state index contributed by atoms with van der Waals surface area (Å²) in [5.74, 6) is 0.331. The summed E-state index contributed by atoms with van der Waals surface area (Å²) in [5.41, 5.74) is 8.80. The van der Waals surface area contributed by atoms with Crippen LogP contribution in [0.1, 0.15) is 37.0 Å². The number of nitrogen functional groups attached to an aromatic ring is 1. The summed E-state index contributed by atoms with van der Waals surface area (Å²) in [6.45, 7) is 10.1. The average Bonchev–Trinajstić information content (AvgIpc) is 2.36.